The third kappa shape index (κ3) is 3.85. The van der Waals surface area contributed by atoms with E-state index in [2.05, 4.69) is 15.5 Å². The summed E-state index contributed by atoms with van der Waals surface area (Å²) in [7, 11) is 0. The summed E-state index contributed by atoms with van der Waals surface area (Å²) in [4.78, 5) is 16.9. The first kappa shape index (κ1) is 16.7. The summed E-state index contributed by atoms with van der Waals surface area (Å²) in [5.74, 6) is 1.13. The van der Waals surface area contributed by atoms with Crippen LogP contribution < -0.4 is 10.1 Å². The van der Waals surface area contributed by atoms with Crippen molar-refractivity contribution in [1.82, 2.24) is 15.5 Å². The Morgan fingerprint density at radius 2 is 1.88 bits per heavy atom. The van der Waals surface area contributed by atoms with Gasteiger partial charge in [0.25, 0.3) is 5.91 Å². The number of carbonyl (C=O) groups excluding carboxylic acids is 1. The molecule has 1 atom stereocenters. The fourth-order valence-electron chi connectivity index (χ4n) is 2.39. The maximum Gasteiger partial charge on any atom is 0.255 e. The highest BCUT2D eigenvalue weighted by Gasteiger charge is 2.20. The molecule has 0 aliphatic carbocycles. The molecule has 1 heterocycles. The highest BCUT2D eigenvalue weighted by Crippen LogP contribution is 2.21. The molecule has 0 spiro atoms. The third-order valence-corrected chi connectivity index (χ3v) is 3.62. The van der Waals surface area contributed by atoms with Gasteiger partial charge in [-0.2, -0.15) is 4.98 Å². The molecular weight excluding hydrogens is 318 g/mol. The molecule has 0 saturated carbocycles. The molecule has 0 fully saturated rings. The minimum Gasteiger partial charge on any atom is -0.493 e. The Balaban J connectivity index is 1.73. The Morgan fingerprint density at radius 1 is 1.16 bits per heavy atom. The van der Waals surface area contributed by atoms with Gasteiger partial charge in [-0.05, 0) is 26.0 Å². The summed E-state index contributed by atoms with van der Waals surface area (Å²) in [5, 5.41) is 6.83. The number of nitrogens with zero attached hydrogens (tertiary/aromatic N) is 2. The molecule has 0 bridgehead atoms. The topological polar surface area (TPSA) is 77.2 Å². The van der Waals surface area contributed by atoms with Gasteiger partial charge < -0.3 is 14.6 Å². The van der Waals surface area contributed by atoms with Crippen LogP contribution in [-0.4, -0.2) is 22.7 Å². The van der Waals surface area contributed by atoms with Crippen molar-refractivity contribution in [2.24, 2.45) is 0 Å². The second kappa shape index (κ2) is 7.61. The normalized spacial score (nSPS) is 11.8. The number of para-hydroxylation sites is 1. The molecule has 1 aromatic heterocycles. The molecule has 1 N–H and O–H groups in total. The van der Waals surface area contributed by atoms with Crippen LogP contribution in [-0.2, 0) is 0 Å². The molecule has 25 heavy (non-hydrogen) atoms. The summed E-state index contributed by atoms with van der Waals surface area (Å²) in [5.41, 5.74) is 1.33. The predicted molar refractivity (Wildman–Crippen MR) is 93.2 cm³/mol. The molecule has 2 aromatic carbocycles. The number of rotatable bonds is 6. The number of hydrogen-bond donors (Lipinski definition) is 1. The van der Waals surface area contributed by atoms with E-state index in [0.717, 1.165) is 5.56 Å². The van der Waals surface area contributed by atoms with Crippen LogP contribution in [0.3, 0.4) is 0 Å². The quantitative estimate of drug-likeness (QED) is 0.743. The van der Waals surface area contributed by atoms with Gasteiger partial charge in [-0.15, -0.1) is 0 Å². The lowest BCUT2D eigenvalue weighted by Crippen LogP contribution is -2.27. The van der Waals surface area contributed by atoms with Gasteiger partial charge >= 0.3 is 0 Å². The lowest BCUT2D eigenvalue weighted by atomic mass is 10.1. The van der Waals surface area contributed by atoms with E-state index in [9.17, 15) is 4.79 Å². The van der Waals surface area contributed by atoms with Crippen LogP contribution in [0.4, 0.5) is 0 Å². The minimum absolute atomic E-state index is 0.254. The average molecular weight is 337 g/mol. The zero-order valence-electron chi connectivity index (χ0n) is 14.1. The zero-order chi connectivity index (χ0) is 17.6. The molecule has 0 aliphatic heterocycles. The number of aromatic nitrogens is 2. The summed E-state index contributed by atoms with van der Waals surface area (Å²) >= 11 is 0. The van der Waals surface area contributed by atoms with Crippen LogP contribution in [0.5, 0.6) is 5.75 Å². The summed E-state index contributed by atoms with van der Waals surface area (Å²) in [6, 6.07) is 16.2. The van der Waals surface area contributed by atoms with Gasteiger partial charge in [0.2, 0.25) is 11.7 Å². The van der Waals surface area contributed by atoms with Crippen molar-refractivity contribution in [2.45, 2.75) is 19.9 Å². The van der Waals surface area contributed by atoms with Crippen molar-refractivity contribution >= 4 is 5.91 Å². The van der Waals surface area contributed by atoms with Crippen LogP contribution in [0.15, 0.2) is 59.1 Å². The Kier molecular flexibility index (Phi) is 5.09. The van der Waals surface area contributed by atoms with E-state index in [-0.39, 0.29) is 5.91 Å². The van der Waals surface area contributed by atoms with E-state index in [1.54, 1.807) is 25.1 Å². The number of amides is 1. The van der Waals surface area contributed by atoms with Crippen molar-refractivity contribution in [3.05, 3.63) is 66.1 Å². The van der Waals surface area contributed by atoms with Crippen LogP contribution in [0.25, 0.3) is 11.4 Å². The van der Waals surface area contributed by atoms with E-state index in [1.807, 2.05) is 43.3 Å². The van der Waals surface area contributed by atoms with Crippen molar-refractivity contribution < 1.29 is 14.1 Å². The molecule has 6 nitrogen and oxygen atoms in total. The number of carbonyl (C=O) groups is 1. The molecule has 0 saturated heterocycles. The minimum atomic E-state index is -0.424. The van der Waals surface area contributed by atoms with Crippen LogP contribution in [0.1, 0.15) is 36.1 Å². The molecule has 128 valence electrons. The van der Waals surface area contributed by atoms with Gasteiger partial charge in [0, 0.05) is 5.56 Å². The zero-order valence-corrected chi connectivity index (χ0v) is 14.1. The van der Waals surface area contributed by atoms with E-state index in [1.165, 1.54) is 0 Å². The fourth-order valence-corrected chi connectivity index (χ4v) is 2.39. The molecule has 6 heteroatoms. The van der Waals surface area contributed by atoms with Crippen molar-refractivity contribution in [3.8, 4) is 17.1 Å². The first-order valence-electron chi connectivity index (χ1n) is 8.10. The van der Waals surface area contributed by atoms with Gasteiger partial charge in [-0.25, -0.2) is 0 Å². The van der Waals surface area contributed by atoms with Crippen molar-refractivity contribution in [3.63, 3.8) is 0 Å². The number of ether oxygens (including phenoxy) is 1. The van der Waals surface area contributed by atoms with Gasteiger partial charge in [0.15, 0.2) is 0 Å². The van der Waals surface area contributed by atoms with E-state index in [4.69, 9.17) is 9.26 Å². The Morgan fingerprint density at radius 3 is 2.64 bits per heavy atom. The summed E-state index contributed by atoms with van der Waals surface area (Å²) in [6.07, 6.45) is 0. The molecule has 0 unspecified atom stereocenters. The molecule has 3 aromatic rings. The summed E-state index contributed by atoms with van der Waals surface area (Å²) in [6.45, 7) is 4.16. The lowest BCUT2D eigenvalue weighted by Gasteiger charge is -2.12. The molecule has 1 amide bonds. The lowest BCUT2D eigenvalue weighted by molar-refractivity contribution is 0.0928. The fraction of sp³-hybridized carbons (Fsp3) is 0.211. The standard InChI is InChI=1S/C19H19N3O3/c1-3-24-16-12-8-7-11-15(16)18(23)20-13(2)19-21-17(22-25-19)14-9-5-4-6-10-14/h4-13H,3H2,1-2H3,(H,20,23)/t13-/m1/s1. The van der Waals surface area contributed by atoms with E-state index < -0.39 is 6.04 Å². The second-order valence-electron chi connectivity index (χ2n) is 5.45. The Bertz CT molecular complexity index is 846. The Hall–Kier alpha value is -3.15. The van der Waals surface area contributed by atoms with E-state index >= 15 is 0 Å². The van der Waals surface area contributed by atoms with E-state index in [0.29, 0.717) is 29.6 Å². The van der Waals surface area contributed by atoms with Crippen LogP contribution >= 0.6 is 0 Å². The largest absolute Gasteiger partial charge is 0.493 e. The average Bonchev–Trinajstić information content (AvgIpc) is 3.13. The molecule has 0 radical (unpaired) electrons. The highest BCUT2D eigenvalue weighted by molar-refractivity contribution is 5.97. The number of hydrogen-bond acceptors (Lipinski definition) is 5. The maximum absolute atomic E-state index is 12.5. The number of benzene rings is 2. The molecular formula is C19H19N3O3. The molecule has 3 rings (SSSR count). The first-order valence-corrected chi connectivity index (χ1v) is 8.10. The highest BCUT2D eigenvalue weighted by atomic mass is 16.5. The second-order valence-corrected chi connectivity index (χ2v) is 5.45. The van der Waals surface area contributed by atoms with Crippen molar-refractivity contribution in [1.29, 1.82) is 0 Å². The first-order chi connectivity index (χ1) is 12.2. The van der Waals surface area contributed by atoms with Gasteiger partial charge in [0.1, 0.15) is 11.8 Å². The van der Waals surface area contributed by atoms with Gasteiger partial charge in [-0.3, -0.25) is 4.79 Å². The number of nitrogens with one attached hydrogen (secondary N) is 1. The SMILES string of the molecule is CCOc1ccccc1C(=O)N[C@H](C)c1nc(-c2ccccc2)no1. The Labute approximate surface area is 145 Å². The van der Waals surface area contributed by atoms with Crippen molar-refractivity contribution in [2.75, 3.05) is 6.61 Å². The predicted octanol–water partition coefficient (Wildman–Crippen LogP) is 3.63. The monoisotopic (exact) mass is 337 g/mol. The third-order valence-electron chi connectivity index (χ3n) is 3.62. The maximum atomic E-state index is 12.5. The summed E-state index contributed by atoms with van der Waals surface area (Å²) < 4.78 is 10.8. The van der Waals surface area contributed by atoms with Crippen LogP contribution in [0.2, 0.25) is 0 Å². The van der Waals surface area contributed by atoms with Gasteiger partial charge in [0.05, 0.1) is 12.2 Å². The molecule has 0 aliphatic rings. The van der Waals surface area contributed by atoms with Gasteiger partial charge in [-0.1, -0.05) is 47.6 Å². The van der Waals surface area contributed by atoms with Crippen LogP contribution in [0, 0.1) is 0 Å². The smallest absolute Gasteiger partial charge is 0.255 e.